The molecule has 2 nitrogen and oxygen atoms in total. The molecule has 2 N–H and O–H groups in total. The number of unbranched alkanes of at least 4 members (excludes halogenated alkanes) is 1. The molecule has 0 aliphatic heterocycles. The molecule has 1 unspecified atom stereocenters. The molecule has 0 spiro atoms. The summed E-state index contributed by atoms with van der Waals surface area (Å²) in [4.78, 5) is 10.4. The molecule has 1 atom stereocenters. The van der Waals surface area contributed by atoms with Crippen molar-refractivity contribution in [2.45, 2.75) is 33.1 Å². The second-order valence-electron chi connectivity index (χ2n) is 2.45. The van der Waals surface area contributed by atoms with E-state index in [2.05, 4.69) is 6.92 Å². The van der Waals surface area contributed by atoms with Gasteiger partial charge in [0.2, 0.25) is 5.91 Å². The third kappa shape index (κ3) is 4.01. The summed E-state index contributed by atoms with van der Waals surface area (Å²) in [6, 6.07) is 0. The van der Waals surface area contributed by atoms with Gasteiger partial charge in [-0.1, -0.05) is 26.7 Å². The van der Waals surface area contributed by atoms with Crippen LogP contribution in [0.15, 0.2) is 0 Å². The average molecular weight is 129 g/mol. The maximum atomic E-state index is 10.4. The number of hydrogen-bond acceptors (Lipinski definition) is 1. The first kappa shape index (κ1) is 8.47. The van der Waals surface area contributed by atoms with E-state index >= 15 is 0 Å². The van der Waals surface area contributed by atoms with Crippen molar-refractivity contribution in [2.75, 3.05) is 0 Å². The maximum Gasteiger partial charge on any atom is 0.220 e. The van der Waals surface area contributed by atoms with E-state index in [1.807, 2.05) is 6.92 Å². The van der Waals surface area contributed by atoms with Crippen LogP contribution in [0.1, 0.15) is 33.1 Å². The Morgan fingerprint density at radius 3 is 2.56 bits per heavy atom. The van der Waals surface area contributed by atoms with Crippen molar-refractivity contribution >= 4 is 5.91 Å². The first-order chi connectivity index (χ1) is 4.18. The molecule has 0 saturated carbocycles. The Morgan fingerprint density at radius 2 is 2.22 bits per heavy atom. The first-order valence-electron chi connectivity index (χ1n) is 3.47. The first-order valence-corrected chi connectivity index (χ1v) is 3.47. The summed E-state index contributed by atoms with van der Waals surface area (Å²) in [7, 11) is 0. The van der Waals surface area contributed by atoms with Crippen LogP contribution < -0.4 is 5.73 Å². The van der Waals surface area contributed by atoms with Crippen LogP contribution in [0.5, 0.6) is 0 Å². The fourth-order valence-corrected chi connectivity index (χ4v) is 0.653. The van der Waals surface area contributed by atoms with Crippen molar-refractivity contribution in [1.29, 1.82) is 0 Å². The van der Waals surface area contributed by atoms with E-state index < -0.39 is 0 Å². The lowest BCUT2D eigenvalue weighted by Crippen LogP contribution is -2.20. The summed E-state index contributed by atoms with van der Waals surface area (Å²) >= 11 is 0. The van der Waals surface area contributed by atoms with Crippen molar-refractivity contribution in [2.24, 2.45) is 11.7 Å². The van der Waals surface area contributed by atoms with Gasteiger partial charge >= 0.3 is 0 Å². The Bertz CT molecular complexity index is 90.9. The maximum absolute atomic E-state index is 10.4. The van der Waals surface area contributed by atoms with Crippen LogP contribution in [0.3, 0.4) is 0 Å². The topological polar surface area (TPSA) is 43.1 Å². The Hall–Kier alpha value is -0.530. The smallest absolute Gasteiger partial charge is 0.220 e. The quantitative estimate of drug-likeness (QED) is 0.610. The van der Waals surface area contributed by atoms with Crippen LogP contribution in [-0.2, 0) is 4.79 Å². The van der Waals surface area contributed by atoms with Gasteiger partial charge < -0.3 is 5.73 Å². The number of carbonyl (C=O) groups is 1. The zero-order valence-corrected chi connectivity index (χ0v) is 6.18. The number of amides is 1. The van der Waals surface area contributed by atoms with Crippen LogP contribution >= 0.6 is 0 Å². The summed E-state index contributed by atoms with van der Waals surface area (Å²) < 4.78 is 0. The Balaban J connectivity index is 3.27. The Labute approximate surface area is 56.4 Å². The number of rotatable bonds is 4. The third-order valence-corrected chi connectivity index (χ3v) is 1.48. The number of nitrogens with two attached hydrogens (primary N) is 1. The molecule has 0 heterocycles. The molecular formula is C7H15NO. The Morgan fingerprint density at radius 1 is 1.67 bits per heavy atom. The largest absolute Gasteiger partial charge is 0.369 e. The van der Waals surface area contributed by atoms with E-state index in [0.29, 0.717) is 0 Å². The molecule has 0 aromatic carbocycles. The van der Waals surface area contributed by atoms with E-state index in [0.717, 1.165) is 19.3 Å². The summed E-state index contributed by atoms with van der Waals surface area (Å²) in [6.45, 7) is 3.98. The molecule has 9 heavy (non-hydrogen) atoms. The molecule has 1 amide bonds. The highest BCUT2D eigenvalue weighted by atomic mass is 16.1. The summed E-state index contributed by atoms with van der Waals surface area (Å²) in [6.07, 6.45) is 3.17. The van der Waals surface area contributed by atoms with Crippen molar-refractivity contribution < 1.29 is 4.79 Å². The van der Waals surface area contributed by atoms with Gasteiger partial charge in [-0.25, -0.2) is 0 Å². The van der Waals surface area contributed by atoms with Crippen LogP contribution in [-0.4, -0.2) is 5.91 Å². The highest BCUT2D eigenvalue weighted by Crippen LogP contribution is 2.05. The van der Waals surface area contributed by atoms with Gasteiger partial charge in [-0.05, 0) is 6.42 Å². The molecule has 0 rings (SSSR count). The minimum atomic E-state index is -0.177. The number of primary amides is 1. The predicted molar refractivity (Wildman–Crippen MR) is 37.9 cm³/mol. The second-order valence-corrected chi connectivity index (χ2v) is 2.45. The van der Waals surface area contributed by atoms with Gasteiger partial charge in [0.25, 0.3) is 0 Å². The van der Waals surface area contributed by atoms with Gasteiger partial charge in [0.05, 0.1) is 0 Å². The zero-order valence-electron chi connectivity index (χ0n) is 6.18. The summed E-state index contributed by atoms with van der Waals surface area (Å²) in [5.74, 6) is -0.117. The van der Waals surface area contributed by atoms with Crippen LogP contribution in [0.2, 0.25) is 0 Å². The minimum Gasteiger partial charge on any atom is -0.369 e. The van der Waals surface area contributed by atoms with Crippen LogP contribution in [0.4, 0.5) is 0 Å². The lowest BCUT2D eigenvalue weighted by molar-refractivity contribution is -0.121. The SMILES string of the molecule is CCCCC(C)C(N)=O. The average Bonchev–Trinajstić information content (AvgIpc) is 1.82. The molecule has 0 fully saturated rings. The standard InChI is InChI=1S/C7H15NO/c1-3-4-5-6(2)7(8)9/h6H,3-5H2,1-2H3,(H2,8,9). The van der Waals surface area contributed by atoms with Crippen molar-refractivity contribution in [3.8, 4) is 0 Å². The zero-order chi connectivity index (χ0) is 7.28. The van der Waals surface area contributed by atoms with E-state index in [9.17, 15) is 4.79 Å². The minimum absolute atomic E-state index is 0.0601. The van der Waals surface area contributed by atoms with Gasteiger partial charge in [-0.2, -0.15) is 0 Å². The predicted octanol–water partition coefficient (Wildman–Crippen LogP) is 1.30. The van der Waals surface area contributed by atoms with E-state index in [1.54, 1.807) is 0 Å². The highest BCUT2D eigenvalue weighted by molar-refractivity contribution is 5.76. The van der Waals surface area contributed by atoms with Crippen LogP contribution in [0, 0.1) is 5.92 Å². The molecule has 54 valence electrons. The summed E-state index contributed by atoms with van der Waals surface area (Å²) in [5, 5.41) is 0. The highest BCUT2D eigenvalue weighted by Gasteiger charge is 2.05. The van der Waals surface area contributed by atoms with Gasteiger partial charge in [0, 0.05) is 5.92 Å². The van der Waals surface area contributed by atoms with Gasteiger partial charge in [0.1, 0.15) is 0 Å². The molecule has 2 heteroatoms. The van der Waals surface area contributed by atoms with E-state index in [1.165, 1.54) is 0 Å². The van der Waals surface area contributed by atoms with Crippen molar-refractivity contribution in [1.82, 2.24) is 0 Å². The fourth-order valence-electron chi connectivity index (χ4n) is 0.653. The Kier molecular flexibility index (Phi) is 4.10. The molecular weight excluding hydrogens is 114 g/mol. The number of hydrogen-bond donors (Lipinski definition) is 1. The van der Waals surface area contributed by atoms with Gasteiger partial charge in [-0.15, -0.1) is 0 Å². The molecule has 0 aliphatic rings. The van der Waals surface area contributed by atoms with Crippen molar-refractivity contribution in [3.05, 3.63) is 0 Å². The third-order valence-electron chi connectivity index (χ3n) is 1.48. The molecule has 0 aromatic rings. The molecule has 0 saturated heterocycles. The molecule has 0 aromatic heterocycles. The molecule has 0 bridgehead atoms. The fraction of sp³-hybridized carbons (Fsp3) is 0.857. The number of carbonyl (C=O) groups excluding carboxylic acids is 1. The van der Waals surface area contributed by atoms with E-state index in [-0.39, 0.29) is 11.8 Å². The lowest BCUT2D eigenvalue weighted by atomic mass is 10.0. The normalized spacial score (nSPS) is 13.1. The van der Waals surface area contributed by atoms with E-state index in [4.69, 9.17) is 5.73 Å². The van der Waals surface area contributed by atoms with Gasteiger partial charge in [-0.3, -0.25) is 4.79 Å². The van der Waals surface area contributed by atoms with Crippen LogP contribution in [0.25, 0.3) is 0 Å². The van der Waals surface area contributed by atoms with Gasteiger partial charge in [0.15, 0.2) is 0 Å². The second kappa shape index (κ2) is 4.36. The summed E-state index contributed by atoms with van der Waals surface area (Å²) in [5.41, 5.74) is 5.04. The van der Waals surface area contributed by atoms with Crippen molar-refractivity contribution in [3.63, 3.8) is 0 Å². The molecule has 0 radical (unpaired) electrons. The lowest BCUT2D eigenvalue weighted by Gasteiger charge is -2.03. The molecule has 0 aliphatic carbocycles. The monoisotopic (exact) mass is 129 g/mol.